The van der Waals surface area contributed by atoms with E-state index in [0.717, 1.165) is 0 Å². The first kappa shape index (κ1) is 29.9. The van der Waals surface area contributed by atoms with Crippen LogP contribution in [0.25, 0.3) is 0 Å². The third-order valence-electron chi connectivity index (χ3n) is 5.72. The Morgan fingerprint density at radius 3 is 0.730 bits per heavy atom. The van der Waals surface area contributed by atoms with Crippen LogP contribution in [0.1, 0.15) is 0 Å². The molecule has 2 nitrogen and oxygen atoms in total. The van der Waals surface area contributed by atoms with Gasteiger partial charge in [0.05, 0.1) is 0 Å². The molecule has 0 saturated heterocycles. The van der Waals surface area contributed by atoms with Crippen LogP contribution in [-0.2, 0) is 21.1 Å². The largest absolute Gasteiger partial charge is 2.00 e. The summed E-state index contributed by atoms with van der Waals surface area (Å²) in [6.45, 7) is 9.50. The maximum Gasteiger partial charge on any atom is 2.00 e. The number of benzene rings is 5. The molecule has 0 unspecified atom stereocenters. The Morgan fingerprint density at radius 1 is 0.324 bits per heavy atom. The molecule has 0 fully saturated rings. The van der Waals surface area contributed by atoms with E-state index in [0.29, 0.717) is 0 Å². The van der Waals surface area contributed by atoms with Crippen molar-refractivity contribution in [3.63, 3.8) is 0 Å². The van der Waals surface area contributed by atoms with E-state index >= 15 is 0 Å². The van der Waals surface area contributed by atoms with E-state index in [1.165, 1.54) is 31.8 Å². The van der Waals surface area contributed by atoms with E-state index in [4.69, 9.17) is 23.7 Å². The number of nitrogens with zero attached hydrogens (tertiary/aromatic N) is 2. The summed E-state index contributed by atoms with van der Waals surface area (Å²) in [5, 5.41) is 21.2. The number of hydrogen-bond donors (Lipinski definition) is 0. The van der Waals surface area contributed by atoms with Gasteiger partial charge in [-0.2, -0.15) is 0 Å². The molecule has 5 rings (SSSR count). The first-order valence-electron chi connectivity index (χ1n) is 11.4. The van der Waals surface area contributed by atoms with Crippen LogP contribution >= 0.6 is 15.8 Å². The maximum absolute atomic E-state index is 6.25. The van der Waals surface area contributed by atoms with Gasteiger partial charge in [-0.15, -0.1) is 0 Å². The molecule has 182 valence electrons. The van der Waals surface area contributed by atoms with E-state index in [-0.39, 0.29) is 21.1 Å². The van der Waals surface area contributed by atoms with Crippen LogP contribution in [0.4, 0.5) is 0 Å². The summed E-state index contributed by atoms with van der Waals surface area (Å²) in [6.07, 6.45) is 0. The Morgan fingerprint density at radius 2 is 0.514 bits per heavy atom. The predicted octanol–water partition coefficient (Wildman–Crippen LogP) is 4.86. The van der Waals surface area contributed by atoms with Gasteiger partial charge in [0, 0.05) is 0 Å². The fourth-order valence-corrected chi connectivity index (χ4v) is 10.3. The summed E-state index contributed by atoms with van der Waals surface area (Å²) < 4.78 is 0. The SMILES string of the molecule is [C-]#N.[C-]#N.[Pt+2].c1ccc([PH+](c2ccccc2)c2ccccc2[PH+](c2ccccc2)c2ccccc2)cc1. The van der Waals surface area contributed by atoms with Crippen molar-refractivity contribution >= 4 is 47.7 Å². The molecular formula is C32H26N2P2Pt+2. The normalized spacial score (nSPS) is 9.68. The molecule has 0 spiro atoms. The third kappa shape index (κ3) is 7.56. The fraction of sp³-hybridized carbons (Fsp3) is 0. The van der Waals surface area contributed by atoms with Crippen molar-refractivity contribution in [1.82, 2.24) is 0 Å². The van der Waals surface area contributed by atoms with Crippen molar-refractivity contribution in [3.05, 3.63) is 159 Å². The van der Waals surface area contributed by atoms with Gasteiger partial charge in [0.25, 0.3) is 0 Å². The first-order valence-corrected chi connectivity index (χ1v) is 14.4. The molecule has 0 amide bonds. The van der Waals surface area contributed by atoms with Crippen molar-refractivity contribution in [2.45, 2.75) is 0 Å². The van der Waals surface area contributed by atoms with Gasteiger partial charge < -0.3 is 23.7 Å². The molecule has 0 aliphatic carbocycles. The van der Waals surface area contributed by atoms with E-state index in [2.05, 4.69) is 146 Å². The molecule has 0 bridgehead atoms. The Hall–Kier alpha value is -3.37. The third-order valence-corrected chi connectivity index (χ3v) is 11.6. The van der Waals surface area contributed by atoms with E-state index in [9.17, 15) is 0 Å². The van der Waals surface area contributed by atoms with Gasteiger partial charge in [-0.3, -0.25) is 0 Å². The van der Waals surface area contributed by atoms with Crippen LogP contribution in [0.5, 0.6) is 0 Å². The second kappa shape index (κ2) is 16.4. The Labute approximate surface area is 237 Å². The Kier molecular flexibility index (Phi) is 13.2. The van der Waals surface area contributed by atoms with Crippen molar-refractivity contribution in [2.75, 3.05) is 0 Å². The van der Waals surface area contributed by atoms with Gasteiger partial charge >= 0.3 is 21.1 Å². The summed E-state index contributed by atoms with van der Waals surface area (Å²) in [6, 6.07) is 53.4. The first-order chi connectivity index (χ1) is 17.9. The number of hydrogen-bond acceptors (Lipinski definition) is 2. The Balaban J connectivity index is 0.000000919. The van der Waals surface area contributed by atoms with Crippen LogP contribution < -0.4 is 31.8 Å². The van der Waals surface area contributed by atoms with E-state index in [1.54, 1.807) is 0 Å². The van der Waals surface area contributed by atoms with Gasteiger partial charge in [0.1, 0.15) is 47.7 Å². The van der Waals surface area contributed by atoms with Gasteiger partial charge in [-0.25, -0.2) is 0 Å². The van der Waals surface area contributed by atoms with Gasteiger partial charge in [-0.05, 0) is 60.7 Å². The molecule has 0 saturated carbocycles. The summed E-state index contributed by atoms with van der Waals surface area (Å²) >= 11 is 0. The van der Waals surface area contributed by atoms with Crippen LogP contribution in [-0.4, -0.2) is 0 Å². The molecule has 0 aliphatic rings. The Bertz CT molecular complexity index is 1170. The predicted molar refractivity (Wildman–Crippen MR) is 157 cm³/mol. The van der Waals surface area contributed by atoms with Crippen LogP contribution in [0.3, 0.4) is 0 Å². The zero-order chi connectivity index (χ0) is 25.6. The second-order valence-electron chi connectivity index (χ2n) is 7.76. The van der Waals surface area contributed by atoms with Gasteiger partial charge in [0.15, 0.2) is 0 Å². The van der Waals surface area contributed by atoms with Crippen molar-refractivity contribution in [2.24, 2.45) is 0 Å². The minimum absolute atomic E-state index is 0. The molecule has 5 aromatic rings. The molecule has 37 heavy (non-hydrogen) atoms. The molecule has 5 heteroatoms. The van der Waals surface area contributed by atoms with Gasteiger partial charge in [0.2, 0.25) is 0 Å². The standard InChI is InChI=1S/C30H24P2.2CN.Pt/c1-5-15-25(16-6-1)31(26-17-7-2-8-18-26)29-23-13-14-24-30(29)32(27-19-9-3-10-20-27)28-21-11-4-12-22-28;2*1-2;/h1-24H;;;/q;2*-1;+2/p+2. The summed E-state index contributed by atoms with van der Waals surface area (Å²) in [5.41, 5.74) is 0. The average Bonchev–Trinajstić information content (AvgIpc) is 2.99. The van der Waals surface area contributed by atoms with Crippen LogP contribution in [0.2, 0.25) is 0 Å². The quantitative estimate of drug-likeness (QED) is 0.189. The molecule has 0 heterocycles. The summed E-state index contributed by atoms with van der Waals surface area (Å²) in [5.74, 6) is 0. The van der Waals surface area contributed by atoms with Crippen molar-refractivity contribution in [3.8, 4) is 0 Å². The molecule has 0 aliphatic heterocycles. The fourth-order valence-electron chi connectivity index (χ4n) is 4.29. The van der Waals surface area contributed by atoms with Gasteiger partial charge in [-0.1, -0.05) is 84.9 Å². The van der Waals surface area contributed by atoms with Crippen molar-refractivity contribution < 1.29 is 21.1 Å². The van der Waals surface area contributed by atoms with E-state index in [1.807, 2.05) is 0 Å². The molecule has 0 atom stereocenters. The topological polar surface area (TPSA) is 47.6 Å². The molecular weight excluding hydrogens is 669 g/mol. The molecule has 0 radical (unpaired) electrons. The monoisotopic (exact) mass is 695 g/mol. The minimum Gasteiger partial charge on any atom is -0.512 e. The van der Waals surface area contributed by atoms with Crippen molar-refractivity contribution in [1.29, 1.82) is 10.5 Å². The smallest absolute Gasteiger partial charge is 0.512 e. The van der Waals surface area contributed by atoms with Crippen LogP contribution in [0, 0.1) is 23.7 Å². The van der Waals surface area contributed by atoms with Crippen LogP contribution in [0.15, 0.2) is 146 Å². The second-order valence-corrected chi connectivity index (χ2v) is 12.6. The van der Waals surface area contributed by atoms with E-state index < -0.39 is 15.8 Å². The number of rotatable bonds is 6. The molecule has 5 aromatic carbocycles. The minimum atomic E-state index is -1.14. The zero-order valence-corrected chi connectivity index (χ0v) is 24.3. The molecule has 0 N–H and O–H groups in total. The summed E-state index contributed by atoms with van der Waals surface area (Å²) in [7, 11) is -2.28. The maximum atomic E-state index is 6.25. The summed E-state index contributed by atoms with van der Waals surface area (Å²) in [4.78, 5) is 0. The average molecular weight is 696 g/mol. The zero-order valence-electron chi connectivity index (χ0n) is 20.1. The molecule has 0 aromatic heterocycles.